The normalized spacial score (nSPS) is 18.8. The van der Waals surface area contributed by atoms with Crippen LogP contribution in [0.5, 0.6) is 0 Å². The average molecular weight is 285 g/mol. The molecule has 1 amide bonds. The van der Waals surface area contributed by atoms with Gasteiger partial charge in [-0.3, -0.25) is 4.79 Å². The lowest BCUT2D eigenvalue weighted by Crippen LogP contribution is -2.44. The molecule has 4 nitrogen and oxygen atoms in total. The monoisotopic (exact) mass is 285 g/mol. The van der Waals surface area contributed by atoms with E-state index < -0.39 is 17.7 Å². The van der Waals surface area contributed by atoms with Crippen molar-refractivity contribution < 1.29 is 13.6 Å². The minimum atomic E-state index is -0.818. The molecule has 1 aliphatic heterocycles. The molecule has 0 bridgehead atoms. The lowest BCUT2D eigenvalue weighted by atomic mass is 10.1. The molecule has 19 heavy (non-hydrogen) atoms. The van der Waals surface area contributed by atoms with E-state index in [1.165, 1.54) is 0 Å². The topological polar surface area (TPSA) is 67.2 Å². The zero-order chi connectivity index (χ0) is 14.0. The van der Waals surface area contributed by atoms with Crippen molar-refractivity contribution in [3.63, 3.8) is 0 Å². The van der Waals surface area contributed by atoms with Crippen LogP contribution in [0.25, 0.3) is 0 Å². The number of nitrogens with one attached hydrogen (secondary N) is 2. The van der Waals surface area contributed by atoms with Crippen molar-refractivity contribution >= 4 is 28.8 Å². The van der Waals surface area contributed by atoms with Gasteiger partial charge in [-0.15, -0.1) is 0 Å². The van der Waals surface area contributed by atoms with Crippen LogP contribution in [0.15, 0.2) is 12.1 Å². The fraction of sp³-hybridized carbons (Fsp3) is 0.333. The Bertz CT molecular complexity index is 513. The van der Waals surface area contributed by atoms with Gasteiger partial charge >= 0.3 is 0 Å². The maximum Gasteiger partial charge on any atom is 0.242 e. The number of rotatable bonds is 3. The first-order valence-electron chi connectivity index (χ1n) is 5.82. The SMILES string of the molecule is NC(=S)c1cc(F)c(NC2CCCNC2=O)c(F)c1. The molecule has 102 valence electrons. The molecule has 0 radical (unpaired) electrons. The standard InChI is InChI=1S/C12H13F2N3OS/c13-7-4-6(11(15)19)5-8(14)10(7)17-9-2-1-3-16-12(9)18/h4-5,9,17H,1-3H2,(H2,15,19)(H,16,18). The minimum Gasteiger partial charge on any atom is -0.389 e. The smallest absolute Gasteiger partial charge is 0.242 e. The maximum atomic E-state index is 13.8. The van der Waals surface area contributed by atoms with Crippen LogP contribution in [0.4, 0.5) is 14.5 Å². The summed E-state index contributed by atoms with van der Waals surface area (Å²) >= 11 is 4.66. The van der Waals surface area contributed by atoms with Crippen molar-refractivity contribution in [2.24, 2.45) is 5.73 Å². The number of piperidine rings is 1. The molecule has 1 heterocycles. The summed E-state index contributed by atoms with van der Waals surface area (Å²) in [4.78, 5) is 11.5. The van der Waals surface area contributed by atoms with Crippen LogP contribution in [0.2, 0.25) is 0 Å². The molecule has 0 aromatic heterocycles. The van der Waals surface area contributed by atoms with E-state index in [0.29, 0.717) is 13.0 Å². The third-order valence-corrected chi connectivity index (χ3v) is 3.17. The first-order valence-corrected chi connectivity index (χ1v) is 6.23. The fourth-order valence-electron chi connectivity index (χ4n) is 1.94. The Balaban J connectivity index is 2.25. The highest BCUT2D eigenvalue weighted by Gasteiger charge is 2.24. The Morgan fingerprint density at radius 2 is 2.05 bits per heavy atom. The van der Waals surface area contributed by atoms with Gasteiger partial charge in [0.1, 0.15) is 28.4 Å². The minimum absolute atomic E-state index is 0.0836. The van der Waals surface area contributed by atoms with Gasteiger partial charge in [0.2, 0.25) is 5.91 Å². The van der Waals surface area contributed by atoms with Crippen molar-refractivity contribution in [1.29, 1.82) is 0 Å². The van der Waals surface area contributed by atoms with Gasteiger partial charge in [-0.1, -0.05) is 12.2 Å². The number of benzene rings is 1. The van der Waals surface area contributed by atoms with E-state index in [4.69, 9.17) is 5.73 Å². The van der Waals surface area contributed by atoms with Crippen LogP contribution in [0.1, 0.15) is 18.4 Å². The Hall–Kier alpha value is -1.76. The summed E-state index contributed by atoms with van der Waals surface area (Å²) in [6, 6.07) is 1.47. The number of hydrogen-bond acceptors (Lipinski definition) is 3. The molecule has 0 spiro atoms. The number of nitrogens with two attached hydrogens (primary N) is 1. The second-order valence-electron chi connectivity index (χ2n) is 4.31. The van der Waals surface area contributed by atoms with E-state index in [-0.39, 0.29) is 22.1 Å². The van der Waals surface area contributed by atoms with Gasteiger partial charge in [0.05, 0.1) is 0 Å². The largest absolute Gasteiger partial charge is 0.389 e. The second kappa shape index (κ2) is 5.48. The number of anilines is 1. The molecule has 1 unspecified atom stereocenters. The molecule has 1 aromatic carbocycles. The van der Waals surface area contributed by atoms with E-state index in [0.717, 1.165) is 18.6 Å². The summed E-state index contributed by atoms with van der Waals surface area (Å²) < 4.78 is 27.6. The van der Waals surface area contributed by atoms with E-state index >= 15 is 0 Å². The number of amides is 1. The molecule has 1 saturated heterocycles. The van der Waals surface area contributed by atoms with Crippen molar-refractivity contribution in [2.75, 3.05) is 11.9 Å². The number of halogens is 2. The van der Waals surface area contributed by atoms with Gasteiger partial charge in [0.25, 0.3) is 0 Å². The molecule has 0 saturated carbocycles. The predicted octanol–water partition coefficient (Wildman–Crippen LogP) is 1.29. The molecule has 1 aromatic rings. The van der Waals surface area contributed by atoms with Gasteiger partial charge in [0.15, 0.2) is 0 Å². The Kier molecular flexibility index (Phi) is 3.94. The van der Waals surface area contributed by atoms with Crippen molar-refractivity contribution in [3.8, 4) is 0 Å². The molecule has 2 rings (SSSR count). The molecular weight excluding hydrogens is 272 g/mol. The van der Waals surface area contributed by atoms with Gasteiger partial charge in [0, 0.05) is 12.1 Å². The number of hydrogen-bond donors (Lipinski definition) is 3. The quantitative estimate of drug-likeness (QED) is 0.732. The van der Waals surface area contributed by atoms with Crippen molar-refractivity contribution in [2.45, 2.75) is 18.9 Å². The van der Waals surface area contributed by atoms with Crippen LogP contribution >= 0.6 is 12.2 Å². The first-order chi connectivity index (χ1) is 8.99. The number of carbonyl (C=O) groups excluding carboxylic acids is 1. The van der Waals surface area contributed by atoms with Gasteiger partial charge in [-0.25, -0.2) is 8.78 Å². The summed E-state index contributed by atoms with van der Waals surface area (Å²) in [7, 11) is 0. The molecule has 1 atom stereocenters. The van der Waals surface area contributed by atoms with Gasteiger partial charge in [-0.2, -0.15) is 0 Å². The van der Waals surface area contributed by atoms with Crippen molar-refractivity contribution in [3.05, 3.63) is 29.3 Å². The van der Waals surface area contributed by atoms with Crippen LogP contribution in [-0.2, 0) is 4.79 Å². The second-order valence-corrected chi connectivity index (χ2v) is 4.75. The Labute approximate surface area is 114 Å². The zero-order valence-electron chi connectivity index (χ0n) is 10.0. The van der Waals surface area contributed by atoms with E-state index in [1.807, 2.05) is 0 Å². The Morgan fingerprint density at radius 1 is 1.42 bits per heavy atom. The third kappa shape index (κ3) is 2.98. The molecule has 1 fully saturated rings. The summed E-state index contributed by atoms with van der Waals surface area (Å²) in [5.74, 6) is -1.90. The summed E-state index contributed by atoms with van der Waals surface area (Å²) in [6.45, 7) is 0.586. The average Bonchev–Trinajstić information content (AvgIpc) is 2.35. The number of carbonyl (C=O) groups is 1. The molecule has 7 heteroatoms. The van der Waals surface area contributed by atoms with Gasteiger partial charge < -0.3 is 16.4 Å². The Morgan fingerprint density at radius 3 is 2.58 bits per heavy atom. The predicted molar refractivity (Wildman–Crippen MR) is 71.9 cm³/mol. The molecule has 4 N–H and O–H groups in total. The summed E-state index contributed by atoms with van der Waals surface area (Å²) in [5.41, 5.74) is 5.10. The van der Waals surface area contributed by atoms with Crippen molar-refractivity contribution in [1.82, 2.24) is 5.32 Å². The molecule has 0 aliphatic carbocycles. The molecule has 1 aliphatic rings. The zero-order valence-corrected chi connectivity index (χ0v) is 10.8. The van der Waals surface area contributed by atoms with Gasteiger partial charge in [-0.05, 0) is 25.0 Å². The van der Waals surface area contributed by atoms with E-state index in [2.05, 4.69) is 22.9 Å². The third-order valence-electron chi connectivity index (χ3n) is 2.93. The summed E-state index contributed by atoms with van der Waals surface area (Å²) in [5, 5.41) is 5.22. The lowest BCUT2D eigenvalue weighted by Gasteiger charge is -2.24. The highest BCUT2D eigenvalue weighted by atomic mass is 32.1. The molecular formula is C12H13F2N3OS. The van der Waals surface area contributed by atoms with Crippen LogP contribution in [-0.4, -0.2) is 23.5 Å². The van der Waals surface area contributed by atoms with Crippen LogP contribution < -0.4 is 16.4 Å². The van der Waals surface area contributed by atoms with E-state index in [9.17, 15) is 13.6 Å². The lowest BCUT2D eigenvalue weighted by molar-refractivity contribution is -0.123. The number of thiocarbonyl (C=S) groups is 1. The maximum absolute atomic E-state index is 13.8. The first kappa shape index (κ1) is 13.7. The highest BCUT2D eigenvalue weighted by molar-refractivity contribution is 7.80. The highest BCUT2D eigenvalue weighted by Crippen LogP contribution is 2.23. The fourth-order valence-corrected chi connectivity index (χ4v) is 2.06. The summed E-state index contributed by atoms with van der Waals surface area (Å²) in [6.07, 6.45) is 1.29. The van der Waals surface area contributed by atoms with Crippen LogP contribution in [0, 0.1) is 11.6 Å². The van der Waals surface area contributed by atoms with E-state index in [1.54, 1.807) is 0 Å². The van der Waals surface area contributed by atoms with Crippen LogP contribution in [0.3, 0.4) is 0 Å².